The van der Waals surface area contributed by atoms with E-state index < -0.39 is 11.8 Å². The quantitative estimate of drug-likeness (QED) is 0.243. The smallest absolute Gasteiger partial charge is 0.329 e. The van der Waals surface area contributed by atoms with Gasteiger partial charge in [-0.05, 0) is 43.7 Å². The monoisotopic (exact) mass is 364 g/mol. The Morgan fingerprint density at radius 2 is 1.85 bits per heavy atom. The number of carbonyl (C=O) groups excluding carboxylic acids is 3. The van der Waals surface area contributed by atoms with Gasteiger partial charge in [-0.25, -0.2) is 5.43 Å². The molecule has 0 aliphatic rings. The third-order valence-electron chi connectivity index (χ3n) is 2.88. The van der Waals surface area contributed by atoms with E-state index in [0.717, 1.165) is 0 Å². The molecule has 1 aromatic rings. The van der Waals surface area contributed by atoms with Gasteiger partial charge in [0, 0.05) is 19.7 Å². The highest BCUT2D eigenvalue weighted by Crippen LogP contribution is 2.10. The summed E-state index contributed by atoms with van der Waals surface area (Å²) in [6.45, 7) is 4.22. The van der Waals surface area contributed by atoms with Gasteiger partial charge in [0.15, 0.2) is 6.61 Å². The van der Waals surface area contributed by atoms with Gasteiger partial charge in [-0.3, -0.25) is 14.4 Å². The van der Waals surface area contributed by atoms with E-state index in [4.69, 9.17) is 9.47 Å². The van der Waals surface area contributed by atoms with Crippen LogP contribution in [0.15, 0.2) is 29.4 Å². The van der Waals surface area contributed by atoms with Gasteiger partial charge in [-0.2, -0.15) is 5.10 Å². The van der Waals surface area contributed by atoms with Gasteiger partial charge in [0.1, 0.15) is 5.75 Å². The van der Waals surface area contributed by atoms with Crippen molar-refractivity contribution in [3.63, 3.8) is 0 Å². The van der Waals surface area contributed by atoms with Gasteiger partial charge in [-0.1, -0.05) is 0 Å². The molecule has 0 atom stereocenters. The molecular weight excluding hydrogens is 340 g/mol. The number of hydrogen-bond acceptors (Lipinski definition) is 6. The van der Waals surface area contributed by atoms with Crippen molar-refractivity contribution in [2.45, 2.75) is 19.9 Å². The van der Waals surface area contributed by atoms with Crippen molar-refractivity contribution in [1.82, 2.24) is 16.1 Å². The molecule has 3 N–H and O–H groups in total. The van der Waals surface area contributed by atoms with Crippen LogP contribution in [0.25, 0.3) is 0 Å². The number of methoxy groups -OCH3 is 1. The minimum Gasteiger partial charge on any atom is -0.484 e. The first-order valence-electron chi connectivity index (χ1n) is 8.04. The van der Waals surface area contributed by atoms with Crippen LogP contribution in [0, 0.1) is 0 Å². The predicted molar refractivity (Wildman–Crippen MR) is 95.8 cm³/mol. The van der Waals surface area contributed by atoms with Crippen LogP contribution in [0.1, 0.15) is 19.4 Å². The molecule has 0 fully saturated rings. The van der Waals surface area contributed by atoms with Crippen molar-refractivity contribution >= 4 is 23.9 Å². The van der Waals surface area contributed by atoms with Crippen LogP contribution in [0.4, 0.5) is 0 Å². The fourth-order valence-corrected chi connectivity index (χ4v) is 1.73. The number of amides is 3. The number of nitrogens with zero attached hydrogens (tertiary/aromatic N) is 1. The van der Waals surface area contributed by atoms with Gasteiger partial charge in [0.2, 0.25) is 0 Å². The van der Waals surface area contributed by atoms with E-state index >= 15 is 0 Å². The molecule has 1 aromatic carbocycles. The maximum Gasteiger partial charge on any atom is 0.329 e. The Balaban J connectivity index is 2.39. The van der Waals surface area contributed by atoms with Crippen LogP contribution in [-0.4, -0.2) is 56.8 Å². The second-order valence-electron chi connectivity index (χ2n) is 5.53. The molecule has 0 saturated carbocycles. The molecule has 1 rings (SSSR count). The van der Waals surface area contributed by atoms with E-state index in [2.05, 4.69) is 21.2 Å². The lowest BCUT2D eigenvalue weighted by molar-refractivity contribution is -0.139. The number of hydrogen-bond donors (Lipinski definition) is 3. The maximum absolute atomic E-state index is 11.5. The Morgan fingerprint density at radius 1 is 1.15 bits per heavy atom. The average Bonchev–Trinajstić information content (AvgIpc) is 2.60. The molecule has 0 heterocycles. The number of rotatable bonds is 9. The summed E-state index contributed by atoms with van der Waals surface area (Å²) in [5.41, 5.74) is 2.81. The molecule has 9 nitrogen and oxygen atoms in total. The first kappa shape index (κ1) is 21.1. The second kappa shape index (κ2) is 11.6. The Bertz CT molecular complexity index is 629. The molecular formula is C17H24N4O5. The molecule has 0 aliphatic carbocycles. The van der Waals surface area contributed by atoms with E-state index in [1.807, 2.05) is 13.8 Å². The van der Waals surface area contributed by atoms with Crippen molar-refractivity contribution < 1.29 is 23.9 Å². The number of ether oxygens (including phenoxy) is 2. The summed E-state index contributed by atoms with van der Waals surface area (Å²) in [7, 11) is 1.49. The molecule has 0 spiro atoms. The van der Waals surface area contributed by atoms with Crippen LogP contribution < -0.4 is 20.8 Å². The fraction of sp³-hybridized carbons (Fsp3) is 0.412. The first-order chi connectivity index (χ1) is 12.4. The van der Waals surface area contributed by atoms with Crippen molar-refractivity contribution in [1.29, 1.82) is 0 Å². The standard InChI is InChI=1S/C17H24N4O5/c1-12(2)20-15(22)11-26-14-6-4-13(5-7-14)10-19-21-17(24)16(23)18-8-9-25-3/h4-7,10,12H,8-9,11H2,1-3H3,(H,18,23)(H,20,22)(H,21,24)/b19-10-. The molecule has 0 unspecified atom stereocenters. The summed E-state index contributed by atoms with van der Waals surface area (Å²) in [5.74, 6) is -1.32. The minimum atomic E-state index is -0.867. The van der Waals surface area contributed by atoms with Crippen LogP contribution in [0.5, 0.6) is 5.75 Å². The van der Waals surface area contributed by atoms with Crippen LogP contribution in [-0.2, 0) is 19.1 Å². The van der Waals surface area contributed by atoms with Gasteiger partial charge in [0.25, 0.3) is 5.91 Å². The molecule has 3 amide bonds. The van der Waals surface area contributed by atoms with Crippen molar-refractivity contribution in [2.24, 2.45) is 5.10 Å². The maximum atomic E-state index is 11.5. The zero-order valence-electron chi connectivity index (χ0n) is 15.1. The third kappa shape index (κ3) is 8.78. The summed E-state index contributed by atoms with van der Waals surface area (Å²) >= 11 is 0. The lowest BCUT2D eigenvalue weighted by atomic mass is 10.2. The summed E-state index contributed by atoms with van der Waals surface area (Å²) in [4.78, 5) is 34.4. The zero-order chi connectivity index (χ0) is 19.4. The molecule has 0 aliphatic heterocycles. The Labute approximate surface area is 152 Å². The number of carbonyl (C=O) groups is 3. The Hall–Kier alpha value is -2.94. The zero-order valence-corrected chi connectivity index (χ0v) is 15.1. The highest BCUT2D eigenvalue weighted by molar-refractivity contribution is 6.35. The van der Waals surface area contributed by atoms with E-state index in [1.165, 1.54) is 13.3 Å². The number of nitrogens with one attached hydrogen (secondary N) is 3. The molecule has 0 saturated heterocycles. The number of hydrazone groups is 1. The topological polar surface area (TPSA) is 118 Å². The Morgan fingerprint density at radius 3 is 2.46 bits per heavy atom. The van der Waals surface area contributed by atoms with Crippen molar-refractivity contribution in [2.75, 3.05) is 26.9 Å². The fourth-order valence-electron chi connectivity index (χ4n) is 1.73. The summed E-state index contributed by atoms with van der Waals surface area (Å²) in [6, 6.07) is 6.79. The van der Waals surface area contributed by atoms with Gasteiger partial charge in [-0.15, -0.1) is 0 Å². The van der Waals surface area contributed by atoms with Crippen LogP contribution >= 0.6 is 0 Å². The van der Waals surface area contributed by atoms with E-state index in [1.54, 1.807) is 24.3 Å². The van der Waals surface area contributed by atoms with Crippen molar-refractivity contribution in [3.05, 3.63) is 29.8 Å². The molecule has 0 radical (unpaired) electrons. The normalized spacial score (nSPS) is 10.6. The molecule has 9 heteroatoms. The van der Waals surface area contributed by atoms with Gasteiger partial charge in [0.05, 0.1) is 12.8 Å². The van der Waals surface area contributed by atoms with E-state index in [0.29, 0.717) is 17.9 Å². The average molecular weight is 364 g/mol. The van der Waals surface area contributed by atoms with Gasteiger partial charge >= 0.3 is 11.8 Å². The molecule has 0 bridgehead atoms. The van der Waals surface area contributed by atoms with Crippen LogP contribution in [0.2, 0.25) is 0 Å². The minimum absolute atomic E-state index is 0.0574. The summed E-state index contributed by atoms with van der Waals surface area (Å²) in [5, 5.41) is 8.80. The first-order valence-corrected chi connectivity index (χ1v) is 8.04. The SMILES string of the molecule is COCCNC(=O)C(=O)N/N=C\c1ccc(OCC(=O)NC(C)C)cc1. The van der Waals surface area contributed by atoms with Crippen molar-refractivity contribution in [3.8, 4) is 5.75 Å². The molecule has 0 aromatic heterocycles. The summed E-state index contributed by atoms with van der Waals surface area (Å²) in [6.07, 6.45) is 1.38. The van der Waals surface area contributed by atoms with E-state index in [9.17, 15) is 14.4 Å². The lowest BCUT2D eigenvalue weighted by Crippen LogP contribution is -2.39. The lowest BCUT2D eigenvalue weighted by Gasteiger charge is -2.09. The van der Waals surface area contributed by atoms with Crippen LogP contribution in [0.3, 0.4) is 0 Å². The predicted octanol–water partition coefficient (Wildman–Crippen LogP) is -0.197. The van der Waals surface area contributed by atoms with Gasteiger partial charge < -0.3 is 20.1 Å². The molecule has 142 valence electrons. The highest BCUT2D eigenvalue weighted by Gasteiger charge is 2.11. The van der Waals surface area contributed by atoms with E-state index in [-0.39, 0.29) is 25.1 Å². The second-order valence-corrected chi connectivity index (χ2v) is 5.53. The highest BCUT2D eigenvalue weighted by atomic mass is 16.5. The molecule has 26 heavy (non-hydrogen) atoms. The third-order valence-corrected chi connectivity index (χ3v) is 2.88. The summed E-state index contributed by atoms with van der Waals surface area (Å²) < 4.78 is 10.1. The largest absolute Gasteiger partial charge is 0.484 e. The number of benzene rings is 1. The Kier molecular flexibility index (Phi) is 9.40.